The molecule has 0 spiro atoms. The Morgan fingerprint density at radius 2 is 1.76 bits per heavy atom. The molecule has 3 rings (SSSR count). The second kappa shape index (κ2) is 12.9. The van der Waals surface area contributed by atoms with Crippen LogP contribution in [0.1, 0.15) is 38.2 Å². The van der Waals surface area contributed by atoms with E-state index < -0.39 is 0 Å². The molecule has 3 aromatic rings. The number of aromatic nitrogens is 2. The van der Waals surface area contributed by atoms with Gasteiger partial charge in [-0.2, -0.15) is 0 Å². The molecule has 6 nitrogen and oxygen atoms in total. The van der Waals surface area contributed by atoms with Gasteiger partial charge in [0.15, 0.2) is 0 Å². The number of rotatable bonds is 13. The van der Waals surface area contributed by atoms with Crippen molar-refractivity contribution < 1.29 is 14.2 Å². The monoisotopic (exact) mass is 466 g/mol. The third kappa shape index (κ3) is 7.70. The summed E-state index contributed by atoms with van der Waals surface area (Å²) in [5.74, 6) is 0.481. The van der Waals surface area contributed by atoms with Gasteiger partial charge in [-0.1, -0.05) is 31.9 Å². The fourth-order valence-electron chi connectivity index (χ4n) is 3.76. The highest BCUT2D eigenvalue weighted by molar-refractivity contribution is 5.71. The van der Waals surface area contributed by atoms with Crippen LogP contribution in [0.15, 0.2) is 54.6 Å². The first-order valence-electron chi connectivity index (χ1n) is 11.9. The van der Waals surface area contributed by atoms with Crippen molar-refractivity contribution in [2.45, 2.75) is 39.2 Å². The van der Waals surface area contributed by atoms with E-state index in [2.05, 4.69) is 22.0 Å². The number of halogens is 1. The zero-order chi connectivity index (χ0) is 24.3. The Labute approximate surface area is 202 Å². The van der Waals surface area contributed by atoms with Crippen LogP contribution in [-0.2, 0) is 6.54 Å². The highest BCUT2D eigenvalue weighted by atomic mass is 19.1. The van der Waals surface area contributed by atoms with Gasteiger partial charge >= 0.3 is 0 Å². The average Bonchev–Trinajstić information content (AvgIpc) is 2.83. The van der Waals surface area contributed by atoms with Gasteiger partial charge in [-0.15, -0.1) is 10.2 Å². The summed E-state index contributed by atoms with van der Waals surface area (Å²) < 4.78 is 19.1. The summed E-state index contributed by atoms with van der Waals surface area (Å²) in [6.07, 6.45) is 4.25. The SMILES string of the molecule is CCN(CCCCCCOc1ccc(-c2cc(N(C)C)ccc2O)nn1)Cc1cccc(F)c1. The summed E-state index contributed by atoms with van der Waals surface area (Å²) in [5, 5.41) is 18.6. The van der Waals surface area contributed by atoms with E-state index in [1.54, 1.807) is 24.3 Å². The number of phenols is 1. The minimum Gasteiger partial charge on any atom is -0.507 e. The second-order valence-corrected chi connectivity index (χ2v) is 8.61. The first kappa shape index (κ1) is 25.4. The predicted molar refractivity (Wildman–Crippen MR) is 135 cm³/mol. The summed E-state index contributed by atoms with van der Waals surface area (Å²) in [6, 6.07) is 15.8. The van der Waals surface area contributed by atoms with Crippen molar-refractivity contribution in [2.75, 3.05) is 38.7 Å². The van der Waals surface area contributed by atoms with Crippen molar-refractivity contribution in [1.82, 2.24) is 15.1 Å². The van der Waals surface area contributed by atoms with E-state index >= 15 is 0 Å². The molecule has 0 aliphatic carbocycles. The maximum atomic E-state index is 13.4. The van der Waals surface area contributed by atoms with Crippen LogP contribution < -0.4 is 9.64 Å². The fraction of sp³-hybridized carbons (Fsp3) is 0.407. The van der Waals surface area contributed by atoms with Gasteiger partial charge in [0.2, 0.25) is 5.88 Å². The molecule has 34 heavy (non-hydrogen) atoms. The van der Waals surface area contributed by atoms with Crippen molar-refractivity contribution in [3.8, 4) is 22.9 Å². The van der Waals surface area contributed by atoms with Gasteiger partial charge in [-0.3, -0.25) is 4.90 Å². The lowest BCUT2D eigenvalue weighted by molar-refractivity contribution is 0.265. The molecule has 1 aromatic heterocycles. The van der Waals surface area contributed by atoms with Gasteiger partial charge in [0.1, 0.15) is 11.6 Å². The highest BCUT2D eigenvalue weighted by Crippen LogP contribution is 2.31. The average molecular weight is 467 g/mol. The molecule has 0 atom stereocenters. The Bertz CT molecular complexity index is 1030. The molecular formula is C27H35FN4O2. The van der Waals surface area contributed by atoms with E-state index in [1.165, 1.54) is 6.07 Å². The third-order valence-corrected chi connectivity index (χ3v) is 5.77. The Hall–Kier alpha value is -3.19. The zero-order valence-corrected chi connectivity index (χ0v) is 20.4. The Morgan fingerprint density at radius 3 is 2.47 bits per heavy atom. The number of anilines is 1. The van der Waals surface area contributed by atoms with Gasteiger partial charge in [-0.05, 0) is 67.9 Å². The molecule has 0 aliphatic heterocycles. The van der Waals surface area contributed by atoms with Crippen molar-refractivity contribution in [3.05, 3.63) is 66.0 Å². The van der Waals surface area contributed by atoms with Crippen LogP contribution in [0, 0.1) is 5.82 Å². The minimum atomic E-state index is -0.176. The summed E-state index contributed by atoms with van der Waals surface area (Å²) in [5.41, 5.74) is 3.24. The molecular weight excluding hydrogens is 431 g/mol. The molecule has 0 unspecified atom stereocenters. The summed E-state index contributed by atoms with van der Waals surface area (Å²) in [7, 11) is 3.90. The van der Waals surface area contributed by atoms with Gasteiger partial charge in [0.25, 0.3) is 0 Å². The minimum absolute atomic E-state index is 0.172. The van der Waals surface area contributed by atoms with Crippen molar-refractivity contribution in [2.24, 2.45) is 0 Å². The van der Waals surface area contributed by atoms with Crippen molar-refractivity contribution >= 4 is 5.69 Å². The normalized spacial score (nSPS) is 11.1. The molecule has 2 aromatic carbocycles. The van der Waals surface area contributed by atoms with Crippen LogP contribution in [0.25, 0.3) is 11.3 Å². The van der Waals surface area contributed by atoms with Gasteiger partial charge in [-0.25, -0.2) is 4.39 Å². The maximum Gasteiger partial charge on any atom is 0.233 e. The van der Waals surface area contributed by atoms with Crippen LogP contribution in [0.2, 0.25) is 0 Å². The molecule has 0 fully saturated rings. The first-order chi connectivity index (χ1) is 16.5. The van der Waals surface area contributed by atoms with E-state index in [9.17, 15) is 9.50 Å². The van der Waals surface area contributed by atoms with Crippen LogP contribution in [0.4, 0.5) is 10.1 Å². The largest absolute Gasteiger partial charge is 0.507 e. The third-order valence-electron chi connectivity index (χ3n) is 5.77. The van der Waals surface area contributed by atoms with Gasteiger partial charge < -0.3 is 14.7 Å². The van der Waals surface area contributed by atoms with Crippen molar-refractivity contribution in [3.63, 3.8) is 0 Å². The molecule has 0 aliphatic rings. The number of ether oxygens (including phenoxy) is 1. The molecule has 1 N–H and O–H groups in total. The van der Waals surface area contributed by atoms with E-state index in [-0.39, 0.29) is 11.6 Å². The molecule has 0 saturated heterocycles. The molecule has 182 valence electrons. The van der Waals surface area contributed by atoms with Crippen LogP contribution in [-0.4, -0.2) is 54.0 Å². The molecule has 0 amide bonds. The molecule has 0 saturated carbocycles. The van der Waals surface area contributed by atoms with Gasteiger partial charge in [0, 0.05) is 38.0 Å². The zero-order valence-electron chi connectivity index (χ0n) is 20.4. The summed E-state index contributed by atoms with van der Waals surface area (Å²) in [6.45, 7) is 5.47. The van der Waals surface area contributed by atoms with Crippen LogP contribution >= 0.6 is 0 Å². The number of hydrogen-bond acceptors (Lipinski definition) is 6. The Balaban J connectivity index is 1.36. The lowest BCUT2D eigenvalue weighted by Gasteiger charge is -2.20. The van der Waals surface area contributed by atoms with E-state index in [1.807, 2.05) is 43.3 Å². The topological polar surface area (TPSA) is 61.7 Å². The second-order valence-electron chi connectivity index (χ2n) is 8.61. The fourth-order valence-corrected chi connectivity index (χ4v) is 3.76. The van der Waals surface area contributed by atoms with E-state index in [4.69, 9.17) is 4.74 Å². The standard InChI is InChI=1S/C27H35FN4O2/c1-4-32(20-21-10-9-11-22(28)18-21)16-7-5-6-8-17-34-27-15-13-25(29-30-27)24-19-23(31(2)3)12-14-26(24)33/h9-15,18-19,33H,4-8,16-17,20H2,1-3H3. The smallest absolute Gasteiger partial charge is 0.233 e. The van der Waals surface area contributed by atoms with Gasteiger partial charge in [0.05, 0.1) is 12.3 Å². The number of hydrogen-bond donors (Lipinski definition) is 1. The molecule has 7 heteroatoms. The number of benzene rings is 2. The summed E-state index contributed by atoms with van der Waals surface area (Å²) in [4.78, 5) is 4.31. The molecule has 0 radical (unpaired) electrons. The van der Waals surface area contributed by atoms with E-state index in [0.29, 0.717) is 23.7 Å². The number of nitrogens with zero attached hydrogens (tertiary/aromatic N) is 4. The molecule has 0 bridgehead atoms. The first-order valence-corrected chi connectivity index (χ1v) is 11.9. The lowest BCUT2D eigenvalue weighted by Crippen LogP contribution is -2.24. The summed E-state index contributed by atoms with van der Waals surface area (Å²) >= 11 is 0. The quantitative estimate of drug-likeness (QED) is 0.335. The van der Waals surface area contributed by atoms with Crippen LogP contribution in [0.5, 0.6) is 11.6 Å². The predicted octanol–water partition coefficient (Wildman–Crippen LogP) is 5.52. The Kier molecular flexibility index (Phi) is 9.64. The van der Waals surface area contributed by atoms with Crippen molar-refractivity contribution in [1.29, 1.82) is 0 Å². The number of phenolic OH excluding ortho intramolecular Hbond substituents is 1. The van der Waals surface area contributed by atoms with Crippen LogP contribution in [0.3, 0.4) is 0 Å². The van der Waals surface area contributed by atoms with E-state index in [0.717, 1.165) is 56.6 Å². The number of aromatic hydroxyl groups is 1. The molecule has 1 heterocycles. The Morgan fingerprint density at radius 1 is 0.941 bits per heavy atom. The highest BCUT2D eigenvalue weighted by Gasteiger charge is 2.10. The maximum absolute atomic E-state index is 13.4. The number of unbranched alkanes of at least 4 members (excludes halogenated alkanes) is 3. The lowest BCUT2D eigenvalue weighted by atomic mass is 10.1.